The van der Waals surface area contributed by atoms with E-state index in [0.29, 0.717) is 26.1 Å². The van der Waals surface area contributed by atoms with Crippen LogP contribution in [0, 0.1) is 0 Å². The number of carbonyl (C=O) groups excluding carboxylic acids is 2. The molecule has 2 aliphatic heterocycles. The summed E-state index contributed by atoms with van der Waals surface area (Å²) in [5, 5.41) is 2.94. The summed E-state index contributed by atoms with van der Waals surface area (Å²) in [6.07, 6.45) is 4.74. The lowest BCUT2D eigenvalue weighted by molar-refractivity contribution is -0.132. The number of nitrogens with zero attached hydrogens (tertiary/aromatic N) is 2. The van der Waals surface area contributed by atoms with Crippen LogP contribution >= 0.6 is 0 Å². The number of rotatable bonds is 4. The minimum atomic E-state index is -0.0628. The standard InChI is InChI=1S/C21H31N3O3/c1-16(2)22-21(26)24-12-13-27-19-8-6-17(14-18(19)15-24)7-9-20(25)23-10-4-3-5-11-23/h6,8,14,16H,3-5,7,9-13,15H2,1-2H3,(H,22,26). The number of nitrogens with one attached hydrogen (secondary N) is 1. The highest BCUT2D eigenvalue weighted by molar-refractivity contribution is 5.76. The average molecular weight is 373 g/mol. The average Bonchev–Trinajstić information content (AvgIpc) is 2.88. The summed E-state index contributed by atoms with van der Waals surface area (Å²) in [5.74, 6) is 1.08. The topological polar surface area (TPSA) is 61.9 Å². The molecule has 6 heteroatoms. The van der Waals surface area contributed by atoms with Crippen molar-refractivity contribution in [3.05, 3.63) is 29.3 Å². The van der Waals surface area contributed by atoms with Crippen LogP contribution in [0.4, 0.5) is 4.79 Å². The second-order valence-corrected chi connectivity index (χ2v) is 7.76. The normalized spacial score (nSPS) is 17.1. The Morgan fingerprint density at radius 1 is 1.11 bits per heavy atom. The van der Waals surface area contributed by atoms with Crippen molar-refractivity contribution in [1.29, 1.82) is 0 Å². The number of piperidine rings is 1. The fraction of sp³-hybridized carbons (Fsp3) is 0.619. The van der Waals surface area contributed by atoms with E-state index in [9.17, 15) is 9.59 Å². The Balaban J connectivity index is 1.62. The van der Waals surface area contributed by atoms with Crippen molar-refractivity contribution in [3.8, 4) is 5.75 Å². The number of fused-ring (bicyclic) bond motifs is 1. The lowest BCUT2D eigenvalue weighted by Crippen LogP contribution is -2.43. The van der Waals surface area contributed by atoms with Gasteiger partial charge in [-0.15, -0.1) is 0 Å². The van der Waals surface area contributed by atoms with Crippen molar-refractivity contribution in [2.75, 3.05) is 26.2 Å². The summed E-state index contributed by atoms with van der Waals surface area (Å²) in [6.45, 7) is 7.30. The molecule has 0 aliphatic carbocycles. The molecule has 1 N–H and O–H groups in total. The molecule has 1 saturated heterocycles. The van der Waals surface area contributed by atoms with E-state index < -0.39 is 0 Å². The van der Waals surface area contributed by atoms with Crippen LogP contribution in [0.5, 0.6) is 5.75 Å². The van der Waals surface area contributed by atoms with Crippen molar-refractivity contribution in [3.63, 3.8) is 0 Å². The largest absolute Gasteiger partial charge is 0.491 e. The Bertz CT molecular complexity index is 669. The highest BCUT2D eigenvalue weighted by Gasteiger charge is 2.21. The summed E-state index contributed by atoms with van der Waals surface area (Å²) in [5.41, 5.74) is 2.13. The summed E-state index contributed by atoms with van der Waals surface area (Å²) in [7, 11) is 0. The summed E-state index contributed by atoms with van der Waals surface area (Å²) in [6, 6.07) is 6.13. The van der Waals surface area contributed by atoms with E-state index in [-0.39, 0.29) is 18.0 Å². The van der Waals surface area contributed by atoms with Gasteiger partial charge in [-0.1, -0.05) is 12.1 Å². The van der Waals surface area contributed by atoms with Crippen LogP contribution in [-0.2, 0) is 17.8 Å². The first kappa shape index (κ1) is 19.5. The van der Waals surface area contributed by atoms with E-state index in [2.05, 4.69) is 11.4 Å². The molecular formula is C21H31N3O3. The fourth-order valence-corrected chi connectivity index (χ4v) is 3.67. The Hall–Kier alpha value is -2.24. The number of likely N-dealkylation sites (tertiary alicyclic amines) is 1. The molecule has 148 valence electrons. The molecule has 0 unspecified atom stereocenters. The Morgan fingerprint density at radius 3 is 2.63 bits per heavy atom. The summed E-state index contributed by atoms with van der Waals surface area (Å²) >= 11 is 0. The molecule has 0 bridgehead atoms. The van der Waals surface area contributed by atoms with Gasteiger partial charge in [0.2, 0.25) is 5.91 Å². The lowest BCUT2D eigenvalue weighted by atomic mass is 10.0. The maximum Gasteiger partial charge on any atom is 0.318 e. The van der Waals surface area contributed by atoms with Gasteiger partial charge in [-0.25, -0.2) is 4.79 Å². The van der Waals surface area contributed by atoms with Crippen LogP contribution in [0.25, 0.3) is 0 Å². The van der Waals surface area contributed by atoms with Crippen LogP contribution < -0.4 is 10.1 Å². The molecular weight excluding hydrogens is 342 g/mol. The van der Waals surface area contributed by atoms with E-state index in [1.54, 1.807) is 4.90 Å². The predicted octanol–water partition coefficient (Wildman–Crippen LogP) is 2.94. The lowest BCUT2D eigenvalue weighted by Gasteiger charge is -2.26. The van der Waals surface area contributed by atoms with Gasteiger partial charge in [-0.05, 0) is 51.2 Å². The molecule has 0 atom stereocenters. The Labute approximate surface area is 161 Å². The van der Waals surface area contributed by atoms with Crippen molar-refractivity contribution in [1.82, 2.24) is 15.1 Å². The van der Waals surface area contributed by atoms with Gasteiger partial charge in [0.05, 0.1) is 13.1 Å². The second kappa shape index (κ2) is 9.11. The van der Waals surface area contributed by atoms with Crippen molar-refractivity contribution >= 4 is 11.9 Å². The third kappa shape index (κ3) is 5.37. The number of ether oxygens (including phenoxy) is 1. The second-order valence-electron chi connectivity index (χ2n) is 7.76. The number of benzene rings is 1. The fourth-order valence-electron chi connectivity index (χ4n) is 3.67. The number of urea groups is 1. The minimum Gasteiger partial charge on any atom is -0.491 e. The van der Waals surface area contributed by atoms with Crippen molar-refractivity contribution < 1.29 is 14.3 Å². The van der Waals surface area contributed by atoms with Gasteiger partial charge in [0.15, 0.2) is 0 Å². The SMILES string of the molecule is CC(C)NC(=O)N1CCOc2ccc(CCC(=O)N3CCCCC3)cc2C1. The molecule has 0 aromatic heterocycles. The van der Waals surface area contributed by atoms with E-state index in [0.717, 1.165) is 49.2 Å². The molecule has 2 aliphatic rings. The highest BCUT2D eigenvalue weighted by Crippen LogP contribution is 2.25. The van der Waals surface area contributed by atoms with Crippen LogP contribution in [0.3, 0.4) is 0 Å². The number of amides is 3. The zero-order valence-electron chi connectivity index (χ0n) is 16.5. The summed E-state index contributed by atoms with van der Waals surface area (Å²) in [4.78, 5) is 28.5. The van der Waals surface area contributed by atoms with Crippen molar-refractivity contribution in [2.45, 2.75) is 58.5 Å². The highest BCUT2D eigenvalue weighted by atomic mass is 16.5. The van der Waals surface area contributed by atoms with Crippen LogP contribution in [0.15, 0.2) is 18.2 Å². The van der Waals surface area contributed by atoms with Crippen LogP contribution in [0.1, 0.15) is 50.7 Å². The molecule has 1 fully saturated rings. The molecule has 0 spiro atoms. The zero-order chi connectivity index (χ0) is 19.2. The smallest absolute Gasteiger partial charge is 0.318 e. The monoisotopic (exact) mass is 373 g/mol. The molecule has 2 heterocycles. The quantitative estimate of drug-likeness (QED) is 0.883. The van der Waals surface area contributed by atoms with E-state index >= 15 is 0 Å². The molecule has 1 aromatic carbocycles. The maximum absolute atomic E-state index is 12.4. The molecule has 6 nitrogen and oxygen atoms in total. The van der Waals surface area contributed by atoms with Gasteiger partial charge in [-0.3, -0.25) is 4.79 Å². The number of hydrogen-bond acceptors (Lipinski definition) is 3. The zero-order valence-corrected chi connectivity index (χ0v) is 16.5. The first-order valence-corrected chi connectivity index (χ1v) is 10.1. The van der Waals surface area contributed by atoms with E-state index in [4.69, 9.17) is 4.74 Å². The van der Waals surface area contributed by atoms with Gasteiger partial charge in [0, 0.05) is 31.1 Å². The van der Waals surface area contributed by atoms with Gasteiger partial charge in [0.25, 0.3) is 0 Å². The number of carbonyl (C=O) groups is 2. The van der Waals surface area contributed by atoms with Gasteiger partial charge >= 0.3 is 6.03 Å². The molecule has 3 rings (SSSR count). The van der Waals surface area contributed by atoms with Gasteiger partial charge in [0.1, 0.15) is 12.4 Å². The molecule has 0 radical (unpaired) electrons. The van der Waals surface area contributed by atoms with Crippen LogP contribution in [-0.4, -0.2) is 54.0 Å². The van der Waals surface area contributed by atoms with E-state index in [1.165, 1.54) is 6.42 Å². The molecule has 27 heavy (non-hydrogen) atoms. The van der Waals surface area contributed by atoms with Gasteiger partial charge < -0.3 is 19.9 Å². The molecule has 1 aromatic rings. The first-order chi connectivity index (χ1) is 13.0. The Kier molecular flexibility index (Phi) is 6.58. The summed E-state index contributed by atoms with van der Waals surface area (Å²) < 4.78 is 5.81. The molecule has 3 amide bonds. The predicted molar refractivity (Wildman–Crippen MR) is 105 cm³/mol. The third-order valence-electron chi connectivity index (χ3n) is 5.14. The third-order valence-corrected chi connectivity index (χ3v) is 5.14. The minimum absolute atomic E-state index is 0.0628. The first-order valence-electron chi connectivity index (χ1n) is 10.1. The van der Waals surface area contributed by atoms with Crippen LogP contribution in [0.2, 0.25) is 0 Å². The molecule has 0 saturated carbocycles. The van der Waals surface area contributed by atoms with Crippen molar-refractivity contribution in [2.24, 2.45) is 0 Å². The maximum atomic E-state index is 12.4. The Morgan fingerprint density at radius 2 is 1.89 bits per heavy atom. The number of hydrogen-bond donors (Lipinski definition) is 1. The number of aryl methyl sites for hydroxylation is 1. The van der Waals surface area contributed by atoms with E-state index in [1.807, 2.05) is 30.9 Å². The van der Waals surface area contributed by atoms with Gasteiger partial charge in [-0.2, -0.15) is 0 Å².